The topological polar surface area (TPSA) is 120 Å². The summed E-state index contributed by atoms with van der Waals surface area (Å²) in [5, 5.41) is 6.23. The van der Waals surface area contributed by atoms with Crippen LogP contribution < -0.4 is 34.3 Å². The highest BCUT2D eigenvalue weighted by atomic mass is 16.5. The zero-order valence-corrected chi connectivity index (χ0v) is 28.5. The summed E-state index contributed by atoms with van der Waals surface area (Å²) in [7, 11) is 5.28. The molecule has 0 saturated carbocycles. The Kier molecular flexibility index (Phi) is 11.5. The largest absolute Gasteiger partial charge is 0.493 e. The molecule has 1 saturated heterocycles. The van der Waals surface area contributed by atoms with Crippen molar-refractivity contribution in [3.05, 3.63) is 77.5 Å². The lowest BCUT2D eigenvalue weighted by Crippen LogP contribution is -2.45. The van der Waals surface area contributed by atoms with Gasteiger partial charge in [0.2, 0.25) is 17.6 Å². The molecule has 5 rings (SSSR count). The van der Waals surface area contributed by atoms with Gasteiger partial charge in [0.1, 0.15) is 12.2 Å². The zero-order chi connectivity index (χ0) is 34.0. The normalized spacial score (nSPS) is 13.5. The van der Waals surface area contributed by atoms with E-state index in [1.165, 1.54) is 6.20 Å². The summed E-state index contributed by atoms with van der Waals surface area (Å²) in [4.78, 5) is 27.5. The van der Waals surface area contributed by atoms with E-state index < -0.39 is 5.91 Å². The van der Waals surface area contributed by atoms with E-state index in [-0.39, 0.29) is 17.4 Å². The molecule has 4 aromatic rings. The van der Waals surface area contributed by atoms with Crippen molar-refractivity contribution in [2.24, 2.45) is 0 Å². The number of methoxy groups -OCH3 is 2. The van der Waals surface area contributed by atoms with Crippen molar-refractivity contribution in [1.82, 2.24) is 19.8 Å². The van der Waals surface area contributed by atoms with Gasteiger partial charge < -0.3 is 39.2 Å². The Hall–Kier alpha value is -5.07. The van der Waals surface area contributed by atoms with E-state index in [2.05, 4.69) is 37.4 Å². The van der Waals surface area contributed by atoms with Gasteiger partial charge in [-0.1, -0.05) is 30.3 Å². The van der Waals surface area contributed by atoms with Crippen molar-refractivity contribution < 1.29 is 28.5 Å². The van der Waals surface area contributed by atoms with Crippen LogP contribution >= 0.6 is 0 Å². The number of ether oxygens (including phenoxy) is 5. The molecule has 1 aliphatic rings. The summed E-state index contributed by atoms with van der Waals surface area (Å²) in [6.07, 6.45) is 1.44. The summed E-state index contributed by atoms with van der Waals surface area (Å²) in [6.45, 7) is 11.5. The van der Waals surface area contributed by atoms with Gasteiger partial charge in [0.25, 0.3) is 5.91 Å². The van der Waals surface area contributed by atoms with E-state index in [1.807, 2.05) is 51.1 Å². The van der Waals surface area contributed by atoms with Crippen LogP contribution in [0.15, 0.2) is 60.8 Å². The smallest absolute Gasteiger partial charge is 0.262 e. The van der Waals surface area contributed by atoms with Crippen molar-refractivity contribution in [3.8, 4) is 34.6 Å². The number of nitrogens with one attached hydrogen (secondary N) is 2. The molecule has 3 aromatic carbocycles. The molecule has 0 bridgehead atoms. The first-order valence-corrected chi connectivity index (χ1v) is 16.0. The molecule has 48 heavy (non-hydrogen) atoms. The van der Waals surface area contributed by atoms with Gasteiger partial charge in [-0.2, -0.15) is 4.98 Å². The number of aromatic nitrogens is 2. The molecule has 12 heteroatoms. The third kappa shape index (κ3) is 8.44. The van der Waals surface area contributed by atoms with E-state index in [0.29, 0.717) is 47.6 Å². The Bertz CT molecular complexity index is 1690. The second-order valence-corrected chi connectivity index (χ2v) is 11.4. The van der Waals surface area contributed by atoms with Crippen LogP contribution in [0.3, 0.4) is 0 Å². The summed E-state index contributed by atoms with van der Waals surface area (Å²) in [5.74, 6) is 2.23. The van der Waals surface area contributed by atoms with Crippen LogP contribution in [-0.2, 0) is 0 Å². The number of nitrogens with zero attached hydrogens (tertiary/aromatic N) is 4. The highest BCUT2D eigenvalue weighted by Gasteiger charge is 2.22. The van der Waals surface area contributed by atoms with Gasteiger partial charge in [-0.15, -0.1) is 0 Å². The van der Waals surface area contributed by atoms with Crippen LogP contribution in [0.5, 0.6) is 34.6 Å². The van der Waals surface area contributed by atoms with Crippen molar-refractivity contribution in [3.63, 3.8) is 0 Å². The molecule has 0 unspecified atom stereocenters. The predicted molar refractivity (Wildman–Crippen MR) is 186 cm³/mol. The Balaban J connectivity index is 1.43. The Morgan fingerprint density at radius 1 is 0.875 bits per heavy atom. The van der Waals surface area contributed by atoms with Crippen LogP contribution in [0, 0.1) is 13.8 Å². The van der Waals surface area contributed by atoms with E-state index in [1.54, 1.807) is 38.5 Å². The second kappa shape index (κ2) is 16.2. The lowest BCUT2D eigenvalue weighted by atomic mass is 10.1. The van der Waals surface area contributed by atoms with E-state index in [4.69, 9.17) is 23.7 Å². The molecule has 1 amide bonds. The maximum absolute atomic E-state index is 13.7. The molecule has 2 heterocycles. The van der Waals surface area contributed by atoms with Gasteiger partial charge in [0.15, 0.2) is 23.0 Å². The SMILES string of the molecule is CCOc1ccccc1Oc1nc(Nc2cc(OC)c(OC)c(OCCN3CCN(C)CC3)c2)ncc1C(=O)Nc1c(C)cccc1C. The van der Waals surface area contributed by atoms with E-state index in [0.717, 1.165) is 49.5 Å². The van der Waals surface area contributed by atoms with Gasteiger partial charge in [-0.3, -0.25) is 9.69 Å². The highest BCUT2D eigenvalue weighted by Crippen LogP contribution is 2.41. The maximum atomic E-state index is 13.7. The molecule has 2 N–H and O–H groups in total. The minimum atomic E-state index is -0.412. The molecule has 0 aliphatic carbocycles. The molecule has 1 aromatic heterocycles. The van der Waals surface area contributed by atoms with Crippen LogP contribution in [-0.4, -0.2) is 92.9 Å². The molecular formula is C36H44N6O6. The summed E-state index contributed by atoms with van der Waals surface area (Å²) >= 11 is 0. The lowest BCUT2D eigenvalue weighted by Gasteiger charge is -2.32. The second-order valence-electron chi connectivity index (χ2n) is 11.4. The fourth-order valence-corrected chi connectivity index (χ4v) is 5.36. The van der Waals surface area contributed by atoms with Crippen molar-refractivity contribution in [2.75, 3.05) is 77.8 Å². The fourth-order valence-electron chi connectivity index (χ4n) is 5.36. The summed E-state index contributed by atoms with van der Waals surface area (Å²) in [6, 6.07) is 16.6. The monoisotopic (exact) mass is 656 g/mol. The maximum Gasteiger partial charge on any atom is 0.262 e. The van der Waals surface area contributed by atoms with Crippen LogP contribution in [0.25, 0.3) is 0 Å². The number of benzene rings is 3. The number of carbonyl (C=O) groups excluding carboxylic acids is 1. The van der Waals surface area contributed by atoms with Gasteiger partial charge in [0, 0.05) is 62.4 Å². The van der Waals surface area contributed by atoms with Gasteiger partial charge in [-0.25, -0.2) is 4.98 Å². The first kappa shape index (κ1) is 34.3. The number of hydrogen-bond donors (Lipinski definition) is 2. The molecule has 0 spiro atoms. The average molecular weight is 657 g/mol. The number of aryl methyl sites for hydroxylation is 2. The number of anilines is 3. The standard InChI is InChI=1S/C36H44N6O6/c1-7-46-28-13-8-9-14-29(28)48-35-27(34(43)39-32-24(2)11-10-12-25(32)3)23-37-36(40-35)38-26-21-30(44-5)33(45-6)31(22-26)47-20-19-42-17-15-41(4)16-18-42/h8-14,21-23H,7,15-20H2,1-6H3,(H,39,43)(H,37,38,40). The molecule has 0 atom stereocenters. The molecule has 12 nitrogen and oxygen atoms in total. The van der Waals surface area contributed by atoms with Gasteiger partial charge >= 0.3 is 0 Å². The minimum absolute atomic E-state index is 0.0486. The minimum Gasteiger partial charge on any atom is -0.493 e. The van der Waals surface area contributed by atoms with Gasteiger partial charge in [0.05, 0.1) is 20.8 Å². The van der Waals surface area contributed by atoms with Crippen LogP contribution in [0.4, 0.5) is 17.3 Å². The lowest BCUT2D eigenvalue weighted by molar-refractivity contribution is 0.102. The summed E-state index contributed by atoms with van der Waals surface area (Å²) < 4.78 is 29.5. The number of carbonyl (C=O) groups is 1. The number of para-hydroxylation sites is 3. The van der Waals surface area contributed by atoms with E-state index >= 15 is 0 Å². The zero-order valence-electron chi connectivity index (χ0n) is 28.5. The number of rotatable bonds is 14. The third-order valence-corrected chi connectivity index (χ3v) is 8.04. The first-order valence-electron chi connectivity index (χ1n) is 16.0. The molecule has 0 radical (unpaired) electrons. The van der Waals surface area contributed by atoms with Crippen molar-refractivity contribution in [1.29, 1.82) is 0 Å². The third-order valence-electron chi connectivity index (χ3n) is 8.04. The predicted octanol–water partition coefficient (Wildman–Crippen LogP) is 5.92. The van der Waals surface area contributed by atoms with Crippen LogP contribution in [0.2, 0.25) is 0 Å². The van der Waals surface area contributed by atoms with Crippen molar-refractivity contribution >= 4 is 23.2 Å². The average Bonchev–Trinajstić information content (AvgIpc) is 3.08. The van der Waals surface area contributed by atoms with E-state index in [9.17, 15) is 4.79 Å². The number of likely N-dealkylation sites (N-methyl/N-ethyl adjacent to an activating group) is 1. The molecular weight excluding hydrogens is 612 g/mol. The number of hydrogen-bond acceptors (Lipinski definition) is 11. The van der Waals surface area contributed by atoms with Crippen molar-refractivity contribution in [2.45, 2.75) is 20.8 Å². The Labute approximate surface area is 281 Å². The molecule has 254 valence electrons. The Morgan fingerprint density at radius 3 is 2.27 bits per heavy atom. The highest BCUT2D eigenvalue weighted by molar-refractivity contribution is 6.06. The van der Waals surface area contributed by atoms with Crippen LogP contribution in [0.1, 0.15) is 28.4 Å². The molecule has 1 fully saturated rings. The quantitative estimate of drug-likeness (QED) is 0.168. The Morgan fingerprint density at radius 2 is 1.58 bits per heavy atom. The van der Waals surface area contributed by atoms with Gasteiger partial charge in [-0.05, 0) is 51.1 Å². The summed E-state index contributed by atoms with van der Waals surface area (Å²) in [5.41, 5.74) is 3.32. The number of piperazine rings is 1. The first-order chi connectivity index (χ1) is 23.3. The number of amides is 1. The fraction of sp³-hybridized carbons (Fsp3) is 0.361. The molecule has 1 aliphatic heterocycles.